The number of nitrogens with zero attached hydrogens (tertiary/aromatic N) is 2. The summed E-state index contributed by atoms with van der Waals surface area (Å²) in [7, 11) is 3.08. The van der Waals surface area contributed by atoms with Crippen molar-refractivity contribution in [1.29, 1.82) is 0 Å². The van der Waals surface area contributed by atoms with Crippen LogP contribution in [0.25, 0.3) is 0 Å². The molecule has 1 aromatic heterocycles. The molecule has 1 unspecified atom stereocenters. The summed E-state index contributed by atoms with van der Waals surface area (Å²) in [4.78, 5) is 8.46. The second-order valence-corrected chi connectivity index (χ2v) is 4.02. The van der Waals surface area contributed by atoms with Crippen molar-refractivity contribution in [3.8, 4) is 11.8 Å². The Morgan fingerprint density at radius 3 is 2.06 bits per heavy atom. The maximum absolute atomic E-state index is 6.35. The van der Waals surface area contributed by atoms with Gasteiger partial charge in [-0.3, -0.25) is 0 Å². The third kappa shape index (κ3) is 2.71. The SMILES string of the molecule is COc1cc(OC)nc(C(Cl)c2ccccc2)n1. The number of rotatable bonds is 4. The first-order chi connectivity index (χ1) is 8.74. The Morgan fingerprint density at radius 2 is 1.56 bits per heavy atom. The Kier molecular flexibility index (Phi) is 3.99. The minimum atomic E-state index is -0.435. The van der Waals surface area contributed by atoms with E-state index in [1.54, 1.807) is 6.07 Å². The van der Waals surface area contributed by atoms with Crippen molar-refractivity contribution in [3.05, 3.63) is 47.8 Å². The van der Waals surface area contributed by atoms with Crippen molar-refractivity contribution in [3.63, 3.8) is 0 Å². The van der Waals surface area contributed by atoms with Gasteiger partial charge in [0, 0.05) is 0 Å². The van der Waals surface area contributed by atoms with Crippen LogP contribution in [0.15, 0.2) is 36.4 Å². The van der Waals surface area contributed by atoms with Crippen LogP contribution in [0.5, 0.6) is 11.8 Å². The lowest BCUT2D eigenvalue weighted by Crippen LogP contribution is -2.03. The lowest BCUT2D eigenvalue weighted by Gasteiger charge is -2.11. The Hall–Kier alpha value is -1.81. The summed E-state index contributed by atoms with van der Waals surface area (Å²) in [5, 5.41) is -0.435. The number of hydrogen-bond donors (Lipinski definition) is 0. The fourth-order valence-corrected chi connectivity index (χ4v) is 1.76. The monoisotopic (exact) mass is 264 g/mol. The summed E-state index contributed by atoms with van der Waals surface area (Å²) in [6, 6.07) is 11.2. The molecule has 0 aliphatic rings. The number of benzene rings is 1. The number of hydrogen-bond acceptors (Lipinski definition) is 4. The maximum atomic E-state index is 6.35. The van der Waals surface area contributed by atoms with E-state index in [0.717, 1.165) is 5.56 Å². The highest BCUT2D eigenvalue weighted by molar-refractivity contribution is 6.22. The Labute approximate surface area is 111 Å². The van der Waals surface area contributed by atoms with Crippen LogP contribution >= 0.6 is 11.6 Å². The highest BCUT2D eigenvalue weighted by atomic mass is 35.5. The third-order valence-electron chi connectivity index (χ3n) is 2.43. The molecule has 5 heteroatoms. The lowest BCUT2D eigenvalue weighted by molar-refractivity contribution is 0.368. The molecule has 0 saturated heterocycles. The average molecular weight is 265 g/mol. The molecule has 0 saturated carbocycles. The zero-order valence-corrected chi connectivity index (χ0v) is 10.9. The number of alkyl halides is 1. The van der Waals surface area contributed by atoms with E-state index in [-0.39, 0.29) is 0 Å². The summed E-state index contributed by atoms with van der Waals surface area (Å²) in [5.41, 5.74) is 0.925. The fourth-order valence-electron chi connectivity index (χ4n) is 1.51. The molecule has 0 N–H and O–H groups in total. The van der Waals surface area contributed by atoms with Gasteiger partial charge in [0.05, 0.1) is 20.3 Å². The van der Waals surface area contributed by atoms with E-state index in [1.165, 1.54) is 14.2 Å². The number of aromatic nitrogens is 2. The molecule has 1 atom stereocenters. The summed E-state index contributed by atoms with van der Waals surface area (Å²) in [6.45, 7) is 0. The van der Waals surface area contributed by atoms with E-state index in [1.807, 2.05) is 30.3 Å². The van der Waals surface area contributed by atoms with Crippen molar-refractivity contribution in [1.82, 2.24) is 9.97 Å². The quantitative estimate of drug-likeness (QED) is 0.797. The van der Waals surface area contributed by atoms with Crippen LogP contribution < -0.4 is 9.47 Å². The second-order valence-electron chi connectivity index (χ2n) is 3.58. The molecule has 18 heavy (non-hydrogen) atoms. The second kappa shape index (κ2) is 5.69. The molecule has 2 rings (SSSR count). The van der Waals surface area contributed by atoms with Gasteiger partial charge in [-0.15, -0.1) is 11.6 Å². The van der Waals surface area contributed by atoms with Crippen LogP contribution in [0, 0.1) is 0 Å². The van der Waals surface area contributed by atoms with Crippen LogP contribution in [0.2, 0.25) is 0 Å². The first-order valence-electron chi connectivity index (χ1n) is 5.40. The van der Waals surface area contributed by atoms with Crippen LogP contribution in [-0.2, 0) is 0 Å². The van der Waals surface area contributed by atoms with E-state index in [2.05, 4.69) is 9.97 Å². The molecule has 0 amide bonds. The molecule has 1 aromatic carbocycles. The van der Waals surface area contributed by atoms with Gasteiger partial charge >= 0.3 is 0 Å². The van der Waals surface area contributed by atoms with E-state index in [0.29, 0.717) is 17.6 Å². The molecule has 2 aromatic rings. The minimum absolute atomic E-state index is 0.429. The molecule has 94 valence electrons. The summed E-state index contributed by atoms with van der Waals surface area (Å²) >= 11 is 6.35. The van der Waals surface area contributed by atoms with Crippen molar-refractivity contribution in [2.24, 2.45) is 0 Å². The minimum Gasteiger partial charge on any atom is -0.481 e. The number of ether oxygens (including phenoxy) is 2. The van der Waals surface area contributed by atoms with E-state index in [4.69, 9.17) is 21.1 Å². The van der Waals surface area contributed by atoms with Crippen molar-refractivity contribution in [2.45, 2.75) is 5.38 Å². The molecule has 1 heterocycles. The van der Waals surface area contributed by atoms with Gasteiger partial charge in [-0.2, -0.15) is 9.97 Å². The molecule has 0 spiro atoms. The lowest BCUT2D eigenvalue weighted by atomic mass is 10.1. The van der Waals surface area contributed by atoms with Gasteiger partial charge in [-0.25, -0.2) is 0 Å². The largest absolute Gasteiger partial charge is 0.481 e. The first-order valence-corrected chi connectivity index (χ1v) is 5.84. The predicted octanol–water partition coefficient (Wildman–Crippen LogP) is 2.82. The molecule has 0 aliphatic carbocycles. The van der Waals surface area contributed by atoms with Crippen molar-refractivity contribution in [2.75, 3.05) is 14.2 Å². The van der Waals surface area contributed by atoms with Gasteiger partial charge in [0.25, 0.3) is 0 Å². The van der Waals surface area contributed by atoms with Crippen LogP contribution in [0.3, 0.4) is 0 Å². The standard InChI is InChI=1S/C13H13ClN2O2/c1-17-10-8-11(18-2)16-13(15-10)12(14)9-6-4-3-5-7-9/h3-8,12H,1-2H3. The van der Waals surface area contributed by atoms with Crippen LogP contribution in [0.1, 0.15) is 16.8 Å². The maximum Gasteiger partial charge on any atom is 0.220 e. The van der Waals surface area contributed by atoms with Gasteiger partial charge in [-0.05, 0) is 5.56 Å². The predicted molar refractivity (Wildman–Crippen MR) is 69.3 cm³/mol. The van der Waals surface area contributed by atoms with Crippen molar-refractivity contribution < 1.29 is 9.47 Å². The summed E-state index contributed by atoms with van der Waals surface area (Å²) < 4.78 is 10.2. The van der Waals surface area contributed by atoms with Gasteiger partial charge < -0.3 is 9.47 Å². The molecule has 0 bridgehead atoms. The molecule has 0 fully saturated rings. The third-order valence-corrected chi connectivity index (χ3v) is 2.88. The number of methoxy groups -OCH3 is 2. The van der Waals surface area contributed by atoms with Gasteiger partial charge in [-0.1, -0.05) is 30.3 Å². The fraction of sp³-hybridized carbons (Fsp3) is 0.231. The smallest absolute Gasteiger partial charge is 0.220 e. The molecule has 0 radical (unpaired) electrons. The summed E-state index contributed by atoms with van der Waals surface area (Å²) in [5.74, 6) is 1.32. The Bertz CT molecular complexity index is 497. The molecule has 4 nitrogen and oxygen atoms in total. The highest BCUT2D eigenvalue weighted by Crippen LogP contribution is 2.28. The van der Waals surface area contributed by atoms with Crippen LogP contribution in [0.4, 0.5) is 0 Å². The topological polar surface area (TPSA) is 44.2 Å². The van der Waals surface area contributed by atoms with E-state index in [9.17, 15) is 0 Å². The molecule has 0 aliphatic heterocycles. The normalized spacial score (nSPS) is 11.9. The van der Waals surface area contributed by atoms with Gasteiger partial charge in [0.15, 0.2) is 5.82 Å². The summed E-state index contributed by atoms with van der Waals surface area (Å²) in [6.07, 6.45) is 0. The van der Waals surface area contributed by atoms with E-state index >= 15 is 0 Å². The average Bonchev–Trinajstić information content (AvgIpc) is 2.46. The zero-order valence-electron chi connectivity index (χ0n) is 10.1. The molecular formula is C13H13ClN2O2. The van der Waals surface area contributed by atoms with Crippen molar-refractivity contribution >= 4 is 11.6 Å². The first kappa shape index (κ1) is 12.6. The van der Waals surface area contributed by atoms with Gasteiger partial charge in [0.1, 0.15) is 5.38 Å². The van der Waals surface area contributed by atoms with E-state index < -0.39 is 5.38 Å². The number of halogens is 1. The molecular weight excluding hydrogens is 252 g/mol. The Balaban J connectivity index is 2.38. The zero-order chi connectivity index (χ0) is 13.0. The Morgan fingerprint density at radius 1 is 1.00 bits per heavy atom. The highest BCUT2D eigenvalue weighted by Gasteiger charge is 2.16. The van der Waals surface area contributed by atoms with Crippen LogP contribution in [-0.4, -0.2) is 24.2 Å². The van der Waals surface area contributed by atoms with Gasteiger partial charge in [0.2, 0.25) is 11.8 Å².